The lowest BCUT2D eigenvalue weighted by Crippen LogP contribution is -2.14. The van der Waals surface area contributed by atoms with Gasteiger partial charge in [-0.05, 0) is 62.4 Å². The molecule has 0 aliphatic carbocycles. The molecular weight excluding hydrogens is 388 g/mol. The van der Waals surface area contributed by atoms with E-state index in [-0.39, 0.29) is 16.9 Å². The lowest BCUT2D eigenvalue weighted by molar-refractivity contribution is 0.102. The number of carbonyl (C=O) groups excluding carboxylic acids is 1. The van der Waals surface area contributed by atoms with Gasteiger partial charge in [-0.2, -0.15) is 0 Å². The van der Waals surface area contributed by atoms with E-state index in [2.05, 4.69) is 10.0 Å². The van der Waals surface area contributed by atoms with Gasteiger partial charge in [0.2, 0.25) is 0 Å². The minimum Gasteiger partial charge on any atom is -0.491 e. The third-order valence-corrected chi connectivity index (χ3v) is 5.31. The Bertz CT molecular complexity index is 1080. The van der Waals surface area contributed by atoms with Crippen molar-refractivity contribution in [2.24, 2.45) is 0 Å². The zero-order valence-corrected chi connectivity index (χ0v) is 16.9. The molecule has 1 amide bonds. The smallest absolute Gasteiger partial charge is 0.261 e. The summed E-state index contributed by atoms with van der Waals surface area (Å²) in [6.45, 7) is 3.86. The number of carbonyl (C=O) groups is 1. The van der Waals surface area contributed by atoms with Gasteiger partial charge in [-0.3, -0.25) is 9.52 Å². The molecule has 0 saturated carbocycles. The Balaban J connectivity index is 1.68. The zero-order valence-electron chi connectivity index (χ0n) is 16.1. The molecule has 7 heteroatoms. The molecule has 0 bridgehead atoms. The third kappa shape index (κ3) is 5.58. The Labute approximate surface area is 170 Å². The second kappa shape index (κ2) is 8.79. The number of hydrogen-bond acceptors (Lipinski definition) is 4. The molecule has 0 atom stereocenters. The molecule has 0 fully saturated rings. The van der Waals surface area contributed by atoms with Crippen molar-refractivity contribution in [3.8, 4) is 5.75 Å². The molecule has 3 aromatic rings. The highest BCUT2D eigenvalue weighted by Gasteiger charge is 2.14. The molecule has 0 aliphatic heterocycles. The van der Waals surface area contributed by atoms with Gasteiger partial charge in [0.05, 0.1) is 11.0 Å². The van der Waals surface area contributed by atoms with Gasteiger partial charge in [-0.25, -0.2) is 8.42 Å². The van der Waals surface area contributed by atoms with Crippen LogP contribution >= 0.6 is 0 Å². The zero-order chi connectivity index (χ0) is 20.9. The van der Waals surface area contributed by atoms with Crippen LogP contribution in [0, 0.1) is 0 Å². The summed E-state index contributed by atoms with van der Waals surface area (Å²) in [5.41, 5.74) is 1.39. The van der Waals surface area contributed by atoms with Gasteiger partial charge in [-0.1, -0.05) is 24.3 Å². The van der Waals surface area contributed by atoms with E-state index in [1.165, 1.54) is 12.1 Å². The van der Waals surface area contributed by atoms with E-state index in [4.69, 9.17) is 4.74 Å². The van der Waals surface area contributed by atoms with Crippen LogP contribution in [0.25, 0.3) is 0 Å². The van der Waals surface area contributed by atoms with Crippen LogP contribution in [0.15, 0.2) is 83.8 Å². The maximum atomic E-state index is 12.5. The van der Waals surface area contributed by atoms with Gasteiger partial charge in [0, 0.05) is 23.0 Å². The van der Waals surface area contributed by atoms with Gasteiger partial charge < -0.3 is 10.1 Å². The largest absolute Gasteiger partial charge is 0.491 e. The first-order valence-electron chi connectivity index (χ1n) is 9.09. The van der Waals surface area contributed by atoms with Crippen LogP contribution in [0.2, 0.25) is 0 Å². The van der Waals surface area contributed by atoms with Crippen molar-refractivity contribution in [2.75, 3.05) is 10.0 Å². The number of anilines is 2. The number of amides is 1. The average molecular weight is 410 g/mol. The molecule has 0 heterocycles. The van der Waals surface area contributed by atoms with E-state index >= 15 is 0 Å². The fourth-order valence-corrected chi connectivity index (χ4v) is 3.71. The Morgan fingerprint density at radius 1 is 0.862 bits per heavy atom. The van der Waals surface area contributed by atoms with Gasteiger partial charge in [0.15, 0.2) is 0 Å². The minimum absolute atomic E-state index is 0.0353. The molecule has 3 aromatic carbocycles. The molecule has 0 spiro atoms. The van der Waals surface area contributed by atoms with Crippen LogP contribution in [-0.4, -0.2) is 20.4 Å². The molecule has 0 unspecified atom stereocenters. The molecule has 6 nitrogen and oxygen atoms in total. The highest BCUT2D eigenvalue weighted by atomic mass is 32.2. The lowest BCUT2D eigenvalue weighted by Gasteiger charge is -2.12. The highest BCUT2D eigenvalue weighted by Crippen LogP contribution is 2.20. The van der Waals surface area contributed by atoms with Crippen LogP contribution in [0.3, 0.4) is 0 Å². The summed E-state index contributed by atoms with van der Waals surface area (Å²) in [6, 6.07) is 21.5. The third-order valence-electron chi connectivity index (χ3n) is 3.92. The summed E-state index contributed by atoms with van der Waals surface area (Å²) in [5, 5.41) is 2.81. The Hall–Kier alpha value is -3.32. The first-order valence-corrected chi connectivity index (χ1v) is 10.6. The van der Waals surface area contributed by atoms with Crippen LogP contribution in [0.1, 0.15) is 24.2 Å². The maximum Gasteiger partial charge on any atom is 0.261 e. The van der Waals surface area contributed by atoms with E-state index in [0.29, 0.717) is 22.7 Å². The number of hydrogen-bond donors (Lipinski definition) is 2. The summed E-state index contributed by atoms with van der Waals surface area (Å²) in [4.78, 5) is 12.6. The fourth-order valence-electron chi connectivity index (χ4n) is 2.63. The maximum absolute atomic E-state index is 12.5. The van der Waals surface area contributed by atoms with E-state index in [1.807, 2.05) is 19.9 Å². The number of ether oxygens (including phenoxy) is 1. The number of benzene rings is 3. The molecular formula is C22H22N2O4S. The summed E-state index contributed by atoms with van der Waals surface area (Å²) >= 11 is 0. The van der Waals surface area contributed by atoms with Crippen molar-refractivity contribution >= 4 is 27.3 Å². The van der Waals surface area contributed by atoms with Crippen molar-refractivity contribution in [3.05, 3.63) is 84.4 Å². The van der Waals surface area contributed by atoms with Crippen LogP contribution < -0.4 is 14.8 Å². The molecule has 2 N–H and O–H groups in total. The number of sulfonamides is 1. The number of rotatable bonds is 7. The van der Waals surface area contributed by atoms with E-state index < -0.39 is 10.0 Å². The minimum atomic E-state index is -3.67. The Morgan fingerprint density at radius 3 is 2.21 bits per heavy atom. The molecule has 0 aromatic heterocycles. The van der Waals surface area contributed by atoms with Gasteiger partial charge in [0.1, 0.15) is 5.75 Å². The first-order chi connectivity index (χ1) is 13.8. The van der Waals surface area contributed by atoms with Gasteiger partial charge in [-0.15, -0.1) is 0 Å². The second-order valence-corrected chi connectivity index (χ2v) is 8.33. The summed E-state index contributed by atoms with van der Waals surface area (Å²) < 4.78 is 32.9. The van der Waals surface area contributed by atoms with Crippen molar-refractivity contribution in [3.63, 3.8) is 0 Å². The van der Waals surface area contributed by atoms with Crippen molar-refractivity contribution in [1.29, 1.82) is 0 Å². The highest BCUT2D eigenvalue weighted by molar-refractivity contribution is 7.92. The quantitative estimate of drug-likeness (QED) is 0.599. The molecule has 0 radical (unpaired) electrons. The number of nitrogens with one attached hydrogen (secondary N) is 2. The van der Waals surface area contributed by atoms with Crippen molar-refractivity contribution in [2.45, 2.75) is 24.8 Å². The Kier molecular flexibility index (Phi) is 6.19. The predicted molar refractivity (Wildman–Crippen MR) is 114 cm³/mol. The van der Waals surface area contributed by atoms with Gasteiger partial charge in [0.25, 0.3) is 15.9 Å². The molecule has 29 heavy (non-hydrogen) atoms. The summed E-state index contributed by atoms with van der Waals surface area (Å²) in [6.07, 6.45) is 0.0353. The predicted octanol–water partition coefficient (Wildman–Crippen LogP) is 4.53. The monoisotopic (exact) mass is 410 g/mol. The fraction of sp³-hybridized carbons (Fsp3) is 0.136. The Morgan fingerprint density at radius 2 is 1.55 bits per heavy atom. The molecule has 0 aliphatic rings. The SMILES string of the molecule is CC(C)Oc1cccc(NC(=O)c2ccc(NS(=O)(=O)c3ccccc3)cc2)c1. The lowest BCUT2D eigenvalue weighted by atomic mass is 10.2. The standard InChI is InChI=1S/C22H22N2O4S/c1-16(2)28-20-8-6-7-19(15-20)23-22(25)17-11-13-18(14-12-17)24-29(26,27)21-9-4-3-5-10-21/h3-16,24H,1-2H3,(H,23,25). The molecule has 3 rings (SSSR count). The van der Waals surface area contributed by atoms with E-state index in [9.17, 15) is 13.2 Å². The van der Waals surface area contributed by atoms with Crippen LogP contribution in [0.4, 0.5) is 11.4 Å². The average Bonchev–Trinajstić information content (AvgIpc) is 2.69. The first kappa shape index (κ1) is 20.4. The van der Waals surface area contributed by atoms with Crippen LogP contribution in [-0.2, 0) is 10.0 Å². The van der Waals surface area contributed by atoms with E-state index in [0.717, 1.165) is 0 Å². The molecule has 0 saturated heterocycles. The molecule has 150 valence electrons. The van der Waals surface area contributed by atoms with Crippen molar-refractivity contribution < 1.29 is 17.9 Å². The van der Waals surface area contributed by atoms with Crippen LogP contribution in [0.5, 0.6) is 5.75 Å². The second-order valence-electron chi connectivity index (χ2n) is 6.64. The normalized spacial score (nSPS) is 11.1. The van der Waals surface area contributed by atoms with E-state index in [1.54, 1.807) is 60.7 Å². The summed E-state index contributed by atoms with van der Waals surface area (Å²) in [5.74, 6) is 0.368. The van der Waals surface area contributed by atoms with Gasteiger partial charge >= 0.3 is 0 Å². The topological polar surface area (TPSA) is 84.5 Å². The summed E-state index contributed by atoms with van der Waals surface area (Å²) in [7, 11) is -3.67. The van der Waals surface area contributed by atoms with Crippen molar-refractivity contribution in [1.82, 2.24) is 0 Å².